The van der Waals surface area contributed by atoms with Crippen LogP contribution in [0.25, 0.3) is 16.9 Å². The van der Waals surface area contributed by atoms with Crippen molar-refractivity contribution in [2.75, 3.05) is 34.9 Å². The fraction of sp³-hybridized carbons (Fsp3) is 0.346. The van der Waals surface area contributed by atoms with Crippen molar-refractivity contribution in [3.8, 4) is 28.4 Å². The Morgan fingerprint density at radius 1 is 0.972 bits per heavy atom. The molecule has 2 heterocycles. The maximum atomic E-state index is 13.4. The van der Waals surface area contributed by atoms with E-state index in [0.717, 1.165) is 11.3 Å². The molecule has 0 aliphatic carbocycles. The van der Waals surface area contributed by atoms with Gasteiger partial charge in [-0.3, -0.25) is 5.21 Å². The first-order valence-electron chi connectivity index (χ1n) is 11.6. The van der Waals surface area contributed by atoms with Gasteiger partial charge in [0.2, 0.25) is 0 Å². The number of aromatic nitrogens is 2. The molecule has 10 nitrogen and oxygen atoms in total. The maximum absolute atomic E-state index is 13.4. The Kier molecular flexibility index (Phi) is 7.16. The van der Waals surface area contributed by atoms with E-state index in [2.05, 4.69) is 0 Å². The van der Waals surface area contributed by atoms with Crippen LogP contribution in [0.3, 0.4) is 0 Å². The Morgan fingerprint density at radius 3 is 2.14 bits per heavy atom. The highest BCUT2D eigenvalue weighted by molar-refractivity contribution is 5.88. The Hall–Kier alpha value is -4.05. The number of hydroxylamine groups is 2. The first-order chi connectivity index (χ1) is 17.3. The fourth-order valence-electron chi connectivity index (χ4n) is 4.63. The van der Waals surface area contributed by atoms with Gasteiger partial charge in [-0.2, -0.15) is 5.10 Å². The fourth-order valence-corrected chi connectivity index (χ4v) is 4.63. The van der Waals surface area contributed by atoms with Crippen molar-refractivity contribution < 1.29 is 29.0 Å². The predicted molar refractivity (Wildman–Crippen MR) is 131 cm³/mol. The lowest BCUT2D eigenvalue weighted by atomic mass is 9.83. The standard InChI is InChI=1S/C26H30N4O6/c1-28(33)25(32)29-16-6-5-15-26(29,24(31)36-4)23-17-22(18-7-11-20(34-2)12-8-18)30(27-23)19-9-13-21(35-3)14-10-19/h7-14,17,33H,5-6,15-16H2,1-4H3. The zero-order valence-corrected chi connectivity index (χ0v) is 20.8. The lowest BCUT2D eigenvalue weighted by Gasteiger charge is -2.44. The number of methoxy groups -OCH3 is 3. The lowest BCUT2D eigenvalue weighted by molar-refractivity contribution is -0.159. The third-order valence-electron chi connectivity index (χ3n) is 6.50. The minimum absolute atomic E-state index is 0.270. The van der Waals surface area contributed by atoms with Crippen LogP contribution in [0.15, 0.2) is 54.6 Å². The number of carbonyl (C=O) groups excluding carboxylic acids is 2. The SMILES string of the molecule is COC(=O)C1(c2cc(-c3ccc(OC)cc3)n(-c3ccc(OC)cc3)n2)CCCCN1C(=O)N(C)O. The molecule has 1 N–H and O–H groups in total. The summed E-state index contributed by atoms with van der Waals surface area (Å²) in [5.41, 5.74) is 1.13. The third-order valence-corrected chi connectivity index (χ3v) is 6.50. The Bertz CT molecular complexity index is 1160. The van der Waals surface area contributed by atoms with Gasteiger partial charge in [0.1, 0.15) is 17.2 Å². The number of nitrogens with zero attached hydrogens (tertiary/aromatic N) is 4. The molecule has 1 aliphatic rings. The number of likely N-dealkylation sites (tertiary alicyclic amines) is 1. The minimum atomic E-state index is -1.50. The molecular weight excluding hydrogens is 464 g/mol. The van der Waals surface area contributed by atoms with Gasteiger partial charge < -0.3 is 19.1 Å². The lowest BCUT2D eigenvalue weighted by Crippen LogP contribution is -2.60. The third kappa shape index (κ3) is 4.35. The van der Waals surface area contributed by atoms with Crippen LogP contribution in [0, 0.1) is 0 Å². The smallest absolute Gasteiger partial charge is 0.344 e. The molecule has 0 spiro atoms. The van der Waals surface area contributed by atoms with Crippen molar-refractivity contribution in [2.45, 2.75) is 24.8 Å². The zero-order chi connectivity index (χ0) is 25.9. The highest BCUT2D eigenvalue weighted by Gasteiger charge is 2.53. The average Bonchev–Trinajstić information content (AvgIpc) is 3.38. The molecular formula is C26H30N4O6. The molecule has 36 heavy (non-hydrogen) atoms. The summed E-state index contributed by atoms with van der Waals surface area (Å²) in [6.45, 7) is 0.270. The molecule has 2 amide bonds. The Balaban J connectivity index is 1.94. The summed E-state index contributed by atoms with van der Waals surface area (Å²) in [6.07, 6.45) is 1.67. The number of urea groups is 1. The molecule has 10 heteroatoms. The summed E-state index contributed by atoms with van der Waals surface area (Å²) in [7, 11) is 5.71. The second kappa shape index (κ2) is 10.3. The Labute approximate surface area is 209 Å². The number of esters is 1. The van der Waals surface area contributed by atoms with Gasteiger partial charge in [0.25, 0.3) is 0 Å². The van der Waals surface area contributed by atoms with Crippen molar-refractivity contribution in [1.82, 2.24) is 19.7 Å². The normalized spacial score (nSPS) is 17.4. The van der Waals surface area contributed by atoms with Crippen LogP contribution >= 0.6 is 0 Å². The molecule has 1 unspecified atom stereocenters. The van der Waals surface area contributed by atoms with Crippen molar-refractivity contribution in [1.29, 1.82) is 0 Å². The summed E-state index contributed by atoms with van der Waals surface area (Å²) >= 11 is 0. The van der Waals surface area contributed by atoms with E-state index >= 15 is 0 Å². The van der Waals surface area contributed by atoms with E-state index in [0.29, 0.717) is 47.2 Å². The van der Waals surface area contributed by atoms with Crippen molar-refractivity contribution in [2.24, 2.45) is 0 Å². The summed E-state index contributed by atoms with van der Waals surface area (Å²) in [6, 6.07) is 15.9. The van der Waals surface area contributed by atoms with E-state index in [1.807, 2.05) is 48.5 Å². The van der Waals surface area contributed by atoms with E-state index in [9.17, 15) is 14.8 Å². The first kappa shape index (κ1) is 25.1. The Morgan fingerprint density at radius 2 is 1.58 bits per heavy atom. The number of ether oxygens (including phenoxy) is 3. The van der Waals surface area contributed by atoms with E-state index in [1.165, 1.54) is 19.1 Å². The van der Waals surface area contributed by atoms with Crippen molar-refractivity contribution in [3.05, 3.63) is 60.3 Å². The number of carbonyl (C=O) groups is 2. The molecule has 0 radical (unpaired) electrons. The molecule has 0 bridgehead atoms. The zero-order valence-electron chi connectivity index (χ0n) is 20.8. The van der Waals surface area contributed by atoms with Gasteiger partial charge in [-0.25, -0.2) is 19.3 Å². The molecule has 0 saturated carbocycles. The van der Waals surface area contributed by atoms with Gasteiger partial charge in [-0.05, 0) is 73.9 Å². The van der Waals surface area contributed by atoms with Crippen LogP contribution in [0.5, 0.6) is 11.5 Å². The molecule has 190 valence electrons. The van der Waals surface area contributed by atoms with E-state index in [-0.39, 0.29) is 6.54 Å². The molecule has 3 aromatic rings. The molecule has 1 saturated heterocycles. The number of amides is 2. The predicted octanol–water partition coefficient (Wildman–Crippen LogP) is 3.85. The second-order valence-corrected chi connectivity index (χ2v) is 8.52. The van der Waals surface area contributed by atoms with Crippen molar-refractivity contribution >= 4 is 12.0 Å². The number of piperidine rings is 1. The largest absolute Gasteiger partial charge is 0.497 e. The van der Waals surface area contributed by atoms with Crippen LogP contribution in [0.2, 0.25) is 0 Å². The van der Waals surface area contributed by atoms with Gasteiger partial charge in [-0.1, -0.05) is 0 Å². The number of hydrogen-bond acceptors (Lipinski definition) is 7. The summed E-state index contributed by atoms with van der Waals surface area (Å²) in [4.78, 5) is 27.7. The summed E-state index contributed by atoms with van der Waals surface area (Å²) in [5.74, 6) is 0.784. The van der Waals surface area contributed by atoms with Gasteiger partial charge >= 0.3 is 12.0 Å². The second-order valence-electron chi connectivity index (χ2n) is 8.52. The topological polar surface area (TPSA) is 106 Å². The molecule has 1 fully saturated rings. The van der Waals surface area contributed by atoms with E-state index in [4.69, 9.17) is 19.3 Å². The highest BCUT2D eigenvalue weighted by Crippen LogP contribution is 2.41. The molecule has 2 aromatic carbocycles. The van der Waals surface area contributed by atoms with Crippen LogP contribution in [0.1, 0.15) is 25.0 Å². The number of rotatable bonds is 6. The quantitative estimate of drug-likeness (QED) is 0.315. The molecule has 1 aliphatic heterocycles. The van der Waals surface area contributed by atoms with Gasteiger partial charge in [0.15, 0.2) is 5.54 Å². The van der Waals surface area contributed by atoms with E-state index < -0.39 is 17.5 Å². The molecule has 4 rings (SSSR count). The van der Waals surface area contributed by atoms with Crippen LogP contribution in [-0.2, 0) is 15.1 Å². The van der Waals surface area contributed by atoms with Gasteiger partial charge in [-0.15, -0.1) is 0 Å². The van der Waals surface area contributed by atoms with Crippen molar-refractivity contribution in [3.63, 3.8) is 0 Å². The maximum Gasteiger partial charge on any atom is 0.344 e. The highest BCUT2D eigenvalue weighted by atomic mass is 16.5. The average molecular weight is 495 g/mol. The monoisotopic (exact) mass is 494 g/mol. The van der Waals surface area contributed by atoms with Crippen LogP contribution in [-0.4, -0.2) is 71.9 Å². The van der Waals surface area contributed by atoms with E-state index in [1.54, 1.807) is 25.0 Å². The number of hydrogen-bond donors (Lipinski definition) is 1. The van der Waals surface area contributed by atoms with Crippen LogP contribution in [0.4, 0.5) is 4.79 Å². The first-order valence-corrected chi connectivity index (χ1v) is 11.6. The minimum Gasteiger partial charge on any atom is -0.497 e. The van der Waals surface area contributed by atoms with Gasteiger partial charge in [0, 0.05) is 19.2 Å². The molecule has 1 aromatic heterocycles. The molecule has 1 atom stereocenters. The van der Waals surface area contributed by atoms with Crippen LogP contribution < -0.4 is 9.47 Å². The summed E-state index contributed by atoms with van der Waals surface area (Å²) < 4.78 is 17.5. The number of benzene rings is 2. The van der Waals surface area contributed by atoms with Gasteiger partial charge in [0.05, 0.1) is 32.7 Å². The summed E-state index contributed by atoms with van der Waals surface area (Å²) in [5, 5.41) is 15.3.